The first-order valence-electron chi connectivity index (χ1n) is 12.9. The number of methoxy groups -OCH3 is 1. The number of nitrogens with zero attached hydrogens (tertiary/aromatic N) is 2. The summed E-state index contributed by atoms with van der Waals surface area (Å²) in [5.41, 5.74) is 3.23. The Morgan fingerprint density at radius 3 is 2.18 bits per heavy atom. The lowest BCUT2D eigenvalue weighted by molar-refractivity contribution is -0.134. The Balaban J connectivity index is 1.94. The lowest BCUT2D eigenvalue weighted by atomic mass is 9.94. The van der Waals surface area contributed by atoms with E-state index in [1.807, 2.05) is 73.3 Å². The zero-order valence-corrected chi connectivity index (χ0v) is 24.0. The molecule has 0 heterocycles. The summed E-state index contributed by atoms with van der Waals surface area (Å²) in [7, 11) is 1.60. The van der Waals surface area contributed by atoms with Crippen LogP contribution in [-0.2, 0) is 21.4 Å². The van der Waals surface area contributed by atoms with Crippen molar-refractivity contribution >= 4 is 27.3 Å². The van der Waals surface area contributed by atoms with Crippen molar-refractivity contribution in [3.05, 3.63) is 83.9 Å². The highest BCUT2D eigenvalue weighted by atomic mass is 32.2. The van der Waals surface area contributed by atoms with Gasteiger partial charge in [0.15, 0.2) is 0 Å². The van der Waals surface area contributed by atoms with E-state index in [-0.39, 0.29) is 22.6 Å². The maximum Gasteiger partial charge on any atom is 0.261 e. The van der Waals surface area contributed by atoms with Gasteiger partial charge in [-0.15, -0.1) is 0 Å². The third-order valence-electron chi connectivity index (χ3n) is 6.35. The van der Waals surface area contributed by atoms with Gasteiger partial charge in [-0.3, -0.25) is 9.52 Å². The summed E-state index contributed by atoms with van der Waals surface area (Å²) in [5.74, 6) is 0.681. The molecule has 0 aliphatic carbocycles. The molecule has 7 nitrogen and oxygen atoms in total. The molecule has 1 atom stereocenters. The number of carbonyl (C=O) groups excluding carboxylic acids is 1. The summed E-state index contributed by atoms with van der Waals surface area (Å²) in [6, 6.07) is 21.6. The quantitative estimate of drug-likeness (QED) is 0.319. The van der Waals surface area contributed by atoms with Crippen LogP contribution in [0.3, 0.4) is 0 Å². The number of rotatable bonds is 12. The summed E-state index contributed by atoms with van der Waals surface area (Å²) in [5, 5.41) is 0. The second-order valence-electron chi connectivity index (χ2n) is 10.0. The maximum atomic E-state index is 13.8. The molecule has 0 spiro atoms. The van der Waals surface area contributed by atoms with Crippen molar-refractivity contribution in [2.45, 2.75) is 44.6 Å². The van der Waals surface area contributed by atoms with Crippen molar-refractivity contribution in [3.63, 3.8) is 0 Å². The van der Waals surface area contributed by atoms with Gasteiger partial charge in [0.25, 0.3) is 10.0 Å². The van der Waals surface area contributed by atoms with Crippen LogP contribution in [0, 0.1) is 5.92 Å². The van der Waals surface area contributed by atoms with Crippen LogP contribution in [0.1, 0.15) is 44.2 Å². The summed E-state index contributed by atoms with van der Waals surface area (Å²) in [6.07, 6.45) is 0.694. The molecule has 0 aliphatic rings. The van der Waals surface area contributed by atoms with Crippen molar-refractivity contribution in [1.82, 2.24) is 4.90 Å². The van der Waals surface area contributed by atoms with Crippen LogP contribution in [0.2, 0.25) is 0 Å². The topological polar surface area (TPSA) is 79.0 Å². The fourth-order valence-corrected chi connectivity index (χ4v) is 5.57. The first-order chi connectivity index (χ1) is 18.1. The van der Waals surface area contributed by atoms with Crippen LogP contribution in [0.15, 0.2) is 77.7 Å². The molecular formula is C30H39N3O4S. The summed E-state index contributed by atoms with van der Waals surface area (Å²) < 4.78 is 34.0. The van der Waals surface area contributed by atoms with Crippen molar-refractivity contribution in [2.24, 2.45) is 5.92 Å². The molecule has 3 rings (SSSR count). The molecule has 1 N–H and O–H groups in total. The molecule has 204 valence electrons. The third kappa shape index (κ3) is 7.28. The van der Waals surface area contributed by atoms with Crippen LogP contribution in [0.25, 0.3) is 0 Å². The number of carbonyl (C=O) groups is 1. The zero-order chi connectivity index (χ0) is 27.9. The van der Waals surface area contributed by atoms with Crippen LogP contribution in [0.4, 0.5) is 11.4 Å². The number of sulfonamides is 1. The van der Waals surface area contributed by atoms with Gasteiger partial charge in [0.05, 0.1) is 17.9 Å². The van der Waals surface area contributed by atoms with Crippen LogP contribution in [0.5, 0.6) is 5.75 Å². The van der Waals surface area contributed by atoms with Gasteiger partial charge in [0.1, 0.15) is 5.75 Å². The fraction of sp³-hybridized carbons (Fsp3) is 0.367. The second kappa shape index (κ2) is 12.8. The van der Waals surface area contributed by atoms with E-state index in [4.69, 9.17) is 4.74 Å². The van der Waals surface area contributed by atoms with Crippen molar-refractivity contribution in [1.29, 1.82) is 0 Å². The Kier molecular flexibility index (Phi) is 9.80. The number of ether oxygens (including phenoxy) is 1. The van der Waals surface area contributed by atoms with E-state index in [2.05, 4.69) is 18.6 Å². The first kappa shape index (κ1) is 29.0. The first-order valence-corrected chi connectivity index (χ1v) is 14.3. The highest BCUT2D eigenvalue weighted by Crippen LogP contribution is 2.29. The molecule has 1 amide bonds. The van der Waals surface area contributed by atoms with Crippen molar-refractivity contribution in [2.75, 3.05) is 37.4 Å². The average molecular weight is 538 g/mol. The molecule has 0 bridgehead atoms. The molecule has 8 heteroatoms. The van der Waals surface area contributed by atoms with E-state index in [0.29, 0.717) is 30.9 Å². The van der Waals surface area contributed by atoms with Gasteiger partial charge in [0, 0.05) is 38.6 Å². The number of anilines is 2. The number of hydrogen-bond donors (Lipinski definition) is 1. The Hall–Kier alpha value is -3.52. The molecular weight excluding hydrogens is 498 g/mol. The van der Waals surface area contributed by atoms with E-state index in [9.17, 15) is 13.2 Å². The van der Waals surface area contributed by atoms with E-state index in [1.165, 1.54) is 19.2 Å². The molecule has 0 saturated heterocycles. The van der Waals surface area contributed by atoms with Crippen LogP contribution in [-0.4, -0.2) is 47.0 Å². The van der Waals surface area contributed by atoms with Gasteiger partial charge in [-0.05, 0) is 65.9 Å². The average Bonchev–Trinajstić information content (AvgIpc) is 2.89. The van der Waals surface area contributed by atoms with Crippen molar-refractivity contribution in [3.8, 4) is 5.75 Å². The minimum Gasteiger partial charge on any atom is -0.497 e. The van der Waals surface area contributed by atoms with E-state index in [0.717, 1.165) is 16.8 Å². The van der Waals surface area contributed by atoms with E-state index in [1.54, 1.807) is 18.2 Å². The van der Waals surface area contributed by atoms with Gasteiger partial charge in [-0.1, -0.05) is 51.1 Å². The van der Waals surface area contributed by atoms with Gasteiger partial charge in [-0.2, -0.15) is 0 Å². The van der Waals surface area contributed by atoms with Gasteiger partial charge in [0.2, 0.25) is 5.91 Å². The molecule has 1 unspecified atom stereocenters. The second-order valence-corrected chi connectivity index (χ2v) is 11.7. The Bertz CT molecular complexity index is 1310. The Labute approximate surface area is 227 Å². The SMILES string of the molecule is CCC(C(=O)N(Cc1cc(NS(=O)(=O)c2ccc(OC)cc2)ccc1N(C)C)CC(C)C)c1ccccc1. The molecule has 38 heavy (non-hydrogen) atoms. The summed E-state index contributed by atoms with van der Waals surface area (Å²) in [4.78, 5) is 17.9. The lowest BCUT2D eigenvalue weighted by Gasteiger charge is -2.30. The Morgan fingerprint density at radius 1 is 0.974 bits per heavy atom. The predicted molar refractivity (Wildman–Crippen MR) is 154 cm³/mol. The maximum absolute atomic E-state index is 13.8. The fourth-order valence-electron chi connectivity index (χ4n) is 4.52. The molecule has 3 aromatic rings. The third-order valence-corrected chi connectivity index (χ3v) is 7.75. The van der Waals surface area contributed by atoms with Gasteiger partial charge >= 0.3 is 0 Å². The largest absolute Gasteiger partial charge is 0.497 e. The minimum atomic E-state index is -3.81. The summed E-state index contributed by atoms with van der Waals surface area (Å²) in [6.45, 7) is 7.18. The van der Waals surface area contributed by atoms with Gasteiger partial charge in [-0.25, -0.2) is 8.42 Å². The molecule has 0 saturated carbocycles. The van der Waals surface area contributed by atoms with Crippen LogP contribution < -0.4 is 14.4 Å². The molecule has 0 aliphatic heterocycles. The molecule has 0 fully saturated rings. The van der Waals surface area contributed by atoms with Crippen molar-refractivity contribution < 1.29 is 17.9 Å². The Morgan fingerprint density at radius 2 is 1.63 bits per heavy atom. The minimum absolute atomic E-state index is 0.0707. The smallest absolute Gasteiger partial charge is 0.261 e. The standard InChI is InChI=1S/C30H39N3O4S/c1-7-28(23-11-9-8-10-12-23)30(34)33(20-22(2)3)21-24-19-25(13-18-29(24)32(4)5)31-38(35,36)27-16-14-26(37-6)15-17-27/h8-19,22,28,31H,7,20-21H2,1-6H3. The highest BCUT2D eigenvalue weighted by molar-refractivity contribution is 7.92. The summed E-state index contributed by atoms with van der Waals surface area (Å²) >= 11 is 0. The molecule has 3 aromatic carbocycles. The van der Waals surface area contributed by atoms with E-state index >= 15 is 0 Å². The number of nitrogens with one attached hydrogen (secondary N) is 1. The molecule has 0 aromatic heterocycles. The zero-order valence-electron chi connectivity index (χ0n) is 23.1. The number of hydrogen-bond acceptors (Lipinski definition) is 5. The molecule has 0 radical (unpaired) electrons. The number of benzene rings is 3. The normalized spacial score (nSPS) is 12.2. The highest BCUT2D eigenvalue weighted by Gasteiger charge is 2.26. The monoisotopic (exact) mass is 537 g/mol. The predicted octanol–water partition coefficient (Wildman–Crippen LogP) is 5.74. The number of amides is 1. The van der Waals surface area contributed by atoms with E-state index < -0.39 is 10.0 Å². The lowest BCUT2D eigenvalue weighted by Crippen LogP contribution is -2.37. The van der Waals surface area contributed by atoms with Crippen LogP contribution >= 0.6 is 0 Å². The van der Waals surface area contributed by atoms with Gasteiger partial charge < -0.3 is 14.5 Å².